The molecule has 4 nitrogen and oxygen atoms in total. The molecule has 0 radical (unpaired) electrons. The van der Waals surface area contributed by atoms with Gasteiger partial charge in [0.1, 0.15) is 0 Å². The van der Waals surface area contributed by atoms with E-state index in [1.165, 1.54) is 0 Å². The van der Waals surface area contributed by atoms with E-state index in [-0.39, 0.29) is 5.60 Å². The van der Waals surface area contributed by atoms with Crippen LogP contribution in [0, 0.1) is 5.41 Å². The Labute approximate surface area is 97.6 Å². The number of carbonyl (C=O) groups is 1. The van der Waals surface area contributed by atoms with Crippen LogP contribution in [-0.2, 0) is 9.53 Å². The first kappa shape index (κ1) is 15.4. The van der Waals surface area contributed by atoms with E-state index in [0.29, 0.717) is 19.3 Å². The lowest BCUT2D eigenvalue weighted by molar-refractivity contribution is -0.170. The molecule has 0 saturated heterocycles. The number of rotatable bonds is 6. The molecule has 0 aliphatic carbocycles. The van der Waals surface area contributed by atoms with Crippen molar-refractivity contribution in [2.24, 2.45) is 5.41 Å². The van der Waals surface area contributed by atoms with Crippen LogP contribution in [0.2, 0.25) is 0 Å². The van der Waals surface area contributed by atoms with Gasteiger partial charge in [0.25, 0.3) is 0 Å². The van der Waals surface area contributed by atoms with Gasteiger partial charge in [0.05, 0.1) is 11.0 Å². The van der Waals surface area contributed by atoms with Gasteiger partial charge in [0, 0.05) is 0 Å². The quantitative estimate of drug-likeness (QED) is 0.690. The van der Waals surface area contributed by atoms with Gasteiger partial charge in [-0.2, -0.15) is 0 Å². The van der Waals surface area contributed by atoms with Crippen molar-refractivity contribution in [2.75, 3.05) is 0 Å². The number of carboxylic acid groups (broad SMARTS) is 1. The van der Waals surface area contributed by atoms with Crippen LogP contribution in [0.5, 0.6) is 0 Å². The Kier molecular flexibility index (Phi) is 5.42. The summed E-state index contributed by atoms with van der Waals surface area (Å²) in [6.07, 6.45) is 0.821. The van der Waals surface area contributed by atoms with Gasteiger partial charge in [-0.3, -0.25) is 4.79 Å². The SMILES string of the molecule is CC(C)(C)OC(O)CCCC(C)(C)C(=O)O. The fourth-order valence-corrected chi connectivity index (χ4v) is 1.29. The van der Waals surface area contributed by atoms with Crippen molar-refractivity contribution < 1.29 is 19.7 Å². The van der Waals surface area contributed by atoms with E-state index >= 15 is 0 Å². The van der Waals surface area contributed by atoms with Crippen molar-refractivity contribution >= 4 is 5.97 Å². The van der Waals surface area contributed by atoms with E-state index in [0.717, 1.165) is 0 Å². The second-order valence-corrected chi connectivity index (χ2v) is 5.77. The highest BCUT2D eigenvalue weighted by molar-refractivity contribution is 5.73. The van der Waals surface area contributed by atoms with E-state index in [2.05, 4.69) is 0 Å². The maximum Gasteiger partial charge on any atom is 0.309 e. The van der Waals surface area contributed by atoms with Gasteiger partial charge in [-0.05, 0) is 53.9 Å². The van der Waals surface area contributed by atoms with Crippen molar-refractivity contribution in [3.8, 4) is 0 Å². The molecule has 1 atom stereocenters. The molecule has 16 heavy (non-hydrogen) atoms. The van der Waals surface area contributed by atoms with Gasteiger partial charge in [-0.1, -0.05) is 0 Å². The normalized spacial score (nSPS) is 14.9. The second-order valence-electron chi connectivity index (χ2n) is 5.77. The summed E-state index contributed by atoms with van der Waals surface area (Å²) in [7, 11) is 0. The molecule has 4 heteroatoms. The Morgan fingerprint density at radius 3 is 2.12 bits per heavy atom. The van der Waals surface area contributed by atoms with Gasteiger partial charge in [-0.25, -0.2) is 0 Å². The fourth-order valence-electron chi connectivity index (χ4n) is 1.29. The summed E-state index contributed by atoms with van der Waals surface area (Å²) in [5.41, 5.74) is -1.11. The standard InChI is InChI=1S/C12H24O4/c1-11(2,3)16-9(13)7-6-8-12(4,5)10(14)15/h9,13H,6-8H2,1-5H3,(H,14,15). The third kappa shape index (κ3) is 6.80. The Morgan fingerprint density at radius 1 is 1.25 bits per heavy atom. The lowest BCUT2D eigenvalue weighted by Crippen LogP contribution is -2.28. The fraction of sp³-hybridized carbons (Fsp3) is 0.917. The van der Waals surface area contributed by atoms with E-state index in [4.69, 9.17) is 9.84 Å². The van der Waals surface area contributed by atoms with Crippen molar-refractivity contribution in [3.05, 3.63) is 0 Å². The minimum absolute atomic E-state index is 0.373. The molecule has 0 spiro atoms. The Morgan fingerprint density at radius 2 is 1.75 bits per heavy atom. The van der Waals surface area contributed by atoms with E-state index in [1.807, 2.05) is 20.8 Å². The first-order valence-corrected chi connectivity index (χ1v) is 5.64. The van der Waals surface area contributed by atoms with E-state index in [1.54, 1.807) is 13.8 Å². The van der Waals surface area contributed by atoms with Gasteiger partial charge in [-0.15, -0.1) is 0 Å². The maximum absolute atomic E-state index is 10.8. The highest BCUT2D eigenvalue weighted by Gasteiger charge is 2.27. The van der Waals surface area contributed by atoms with Gasteiger partial charge < -0.3 is 14.9 Å². The van der Waals surface area contributed by atoms with Crippen LogP contribution >= 0.6 is 0 Å². The van der Waals surface area contributed by atoms with Gasteiger partial charge in [0.15, 0.2) is 6.29 Å². The predicted octanol–water partition coefficient (Wildman–Crippen LogP) is 2.40. The first-order chi connectivity index (χ1) is 7.04. The molecule has 1 unspecified atom stereocenters. The first-order valence-electron chi connectivity index (χ1n) is 5.64. The van der Waals surface area contributed by atoms with E-state index < -0.39 is 17.7 Å². The van der Waals surface area contributed by atoms with Crippen LogP contribution < -0.4 is 0 Å². The zero-order valence-electron chi connectivity index (χ0n) is 10.9. The number of hydrogen-bond acceptors (Lipinski definition) is 3. The molecule has 0 aromatic rings. The average molecular weight is 232 g/mol. The van der Waals surface area contributed by atoms with Crippen LogP contribution in [0.1, 0.15) is 53.9 Å². The highest BCUT2D eigenvalue weighted by Crippen LogP contribution is 2.24. The molecule has 96 valence electrons. The molecule has 0 saturated carbocycles. The second kappa shape index (κ2) is 5.64. The summed E-state index contributed by atoms with van der Waals surface area (Å²) >= 11 is 0. The Bertz CT molecular complexity index is 228. The van der Waals surface area contributed by atoms with Crippen LogP contribution in [0.4, 0.5) is 0 Å². The van der Waals surface area contributed by atoms with Crippen molar-refractivity contribution in [1.29, 1.82) is 0 Å². The molecular weight excluding hydrogens is 208 g/mol. The summed E-state index contributed by atoms with van der Waals surface area (Å²) in [5.74, 6) is -0.807. The van der Waals surface area contributed by atoms with Crippen molar-refractivity contribution in [2.45, 2.75) is 65.8 Å². The third-order valence-electron chi connectivity index (χ3n) is 2.32. The summed E-state index contributed by atoms with van der Waals surface area (Å²) in [6.45, 7) is 8.99. The molecule has 0 aliphatic heterocycles. The van der Waals surface area contributed by atoms with Crippen LogP contribution in [0.25, 0.3) is 0 Å². The molecule has 0 heterocycles. The molecule has 0 fully saturated rings. The van der Waals surface area contributed by atoms with E-state index in [9.17, 15) is 9.90 Å². The topological polar surface area (TPSA) is 66.8 Å². The number of aliphatic hydroxyl groups excluding tert-OH is 1. The molecule has 0 aliphatic rings. The maximum atomic E-state index is 10.8. The van der Waals surface area contributed by atoms with Crippen LogP contribution in [-0.4, -0.2) is 28.1 Å². The lowest BCUT2D eigenvalue weighted by Gasteiger charge is -2.25. The number of ether oxygens (including phenoxy) is 1. The molecule has 0 bridgehead atoms. The average Bonchev–Trinajstić information content (AvgIpc) is 1.99. The molecule has 0 aromatic carbocycles. The zero-order valence-corrected chi connectivity index (χ0v) is 10.9. The number of carboxylic acids is 1. The minimum Gasteiger partial charge on any atom is -0.481 e. The van der Waals surface area contributed by atoms with Crippen molar-refractivity contribution in [1.82, 2.24) is 0 Å². The minimum atomic E-state index is -0.815. The number of aliphatic hydroxyl groups is 1. The summed E-state index contributed by atoms with van der Waals surface area (Å²) in [6, 6.07) is 0. The highest BCUT2D eigenvalue weighted by atomic mass is 16.6. The third-order valence-corrected chi connectivity index (χ3v) is 2.32. The van der Waals surface area contributed by atoms with Gasteiger partial charge >= 0.3 is 5.97 Å². The molecular formula is C12H24O4. The molecule has 0 aromatic heterocycles. The zero-order chi connectivity index (χ0) is 13.0. The van der Waals surface area contributed by atoms with Crippen LogP contribution in [0.3, 0.4) is 0 Å². The number of hydrogen-bond donors (Lipinski definition) is 2. The van der Waals surface area contributed by atoms with Crippen LogP contribution in [0.15, 0.2) is 0 Å². The van der Waals surface area contributed by atoms with Crippen molar-refractivity contribution in [3.63, 3.8) is 0 Å². The summed E-state index contributed by atoms with van der Waals surface area (Å²) in [5, 5.41) is 18.4. The summed E-state index contributed by atoms with van der Waals surface area (Å²) < 4.78 is 5.32. The molecule has 2 N–H and O–H groups in total. The Hall–Kier alpha value is -0.610. The van der Waals surface area contributed by atoms with Gasteiger partial charge in [0.2, 0.25) is 0 Å². The number of aliphatic carboxylic acids is 1. The monoisotopic (exact) mass is 232 g/mol. The lowest BCUT2D eigenvalue weighted by atomic mass is 9.87. The predicted molar refractivity (Wildman–Crippen MR) is 62.1 cm³/mol. The Balaban J connectivity index is 3.87. The summed E-state index contributed by atoms with van der Waals surface area (Å²) in [4.78, 5) is 10.8. The largest absolute Gasteiger partial charge is 0.481 e. The molecule has 0 amide bonds. The molecule has 0 rings (SSSR count). The smallest absolute Gasteiger partial charge is 0.309 e.